The van der Waals surface area contributed by atoms with Crippen LogP contribution in [0.15, 0.2) is 72.9 Å². The van der Waals surface area contributed by atoms with Crippen molar-refractivity contribution >= 4 is 51.7 Å². The zero-order chi connectivity index (χ0) is 21.8. The molecule has 0 unspecified atom stereocenters. The van der Waals surface area contributed by atoms with Crippen LogP contribution >= 0.6 is 23.2 Å². The number of rotatable bonds is 5. The SMILES string of the molecule is O=C(COC(=O)c1cc(-c2ccccn2)nc2ccccc12)Nc1cc(Cl)cc(Cl)c1. The number of nitrogens with zero attached hydrogens (tertiary/aromatic N) is 2. The lowest BCUT2D eigenvalue weighted by molar-refractivity contribution is -0.119. The van der Waals surface area contributed by atoms with Crippen molar-refractivity contribution in [3.05, 3.63) is 88.5 Å². The first-order valence-corrected chi connectivity index (χ1v) is 9.99. The molecule has 6 nitrogen and oxygen atoms in total. The number of carbonyl (C=O) groups is 2. The summed E-state index contributed by atoms with van der Waals surface area (Å²) < 4.78 is 5.26. The fourth-order valence-corrected chi connectivity index (χ4v) is 3.55. The molecule has 4 rings (SSSR count). The monoisotopic (exact) mass is 451 g/mol. The summed E-state index contributed by atoms with van der Waals surface area (Å²) in [5.41, 5.74) is 2.48. The number of fused-ring (bicyclic) bond motifs is 1. The topological polar surface area (TPSA) is 81.2 Å². The van der Waals surface area contributed by atoms with E-state index in [2.05, 4.69) is 15.3 Å². The third kappa shape index (κ3) is 4.99. The van der Waals surface area contributed by atoms with Crippen molar-refractivity contribution in [1.29, 1.82) is 0 Å². The molecule has 4 aromatic rings. The molecule has 0 aliphatic heterocycles. The molecule has 1 N–H and O–H groups in total. The van der Waals surface area contributed by atoms with E-state index in [-0.39, 0.29) is 0 Å². The molecule has 0 spiro atoms. The van der Waals surface area contributed by atoms with Crippen LogP contribution in [0.25, 0.3) is 22.3 Å². The van der Waals surface area contributed by atoms with Crippen molar-refractivity contribution < 1.29 is 14.3 Å². The Bertz CT molecular complexity index is 1260. The first-order valence-electron chi connectivity index (χ1n) is 9.24. The highest BCUT2D eigenvalue weighted by atomic mass is 35.5. The highest BCUT2D eigenvalue weighted by Crippen LogP contribution is 2.25. The summed E-state index contributed by atoms with van der Waals surface area (Å²) >= 11 is 11.9. The second-order valence-electron chi connectivity index (χ2n) is 6.57. The van der Waals surface area contributed by atoms with Crippen LogP contribution in [0.4, 0.5) is 5.69 Å². The van der Waals surface area contributed by atoms with Crippen molar-refractivity contribution in [3.8, 4) is 11.4 Å². The Morgan fingerprint density at radius 2 is 1.65 bits per heavy atom. The van der Waals surface area contributed by atoms with Crippen LogP contribution in [0.3, 0.4) is 0 Å². The fourth-order valence-electron chi connectivity index (χ4n) is 3.02. The minimum atomic E-state index is -0.643. The van der Waals surface area contributed by atoms with Crippen molar-refractivity contribution in [2.24, 2.45) is 0 Å². The Morgan fingerprint density at radius 1 is 0.903 bits per heavy atom. The van der Waals surface area contributed by atoms with Crippen LogP contribution in [-0.4, -0.2) is 28.5 Å². The van der Waals surface area contributed by atoms with Gasteiger partial charge in [0.05, 0.1) is 22.5 Å². The van der Waals surface area contributed by atoms with Crippen molar-refractivity contribution in [3.63, 3.8) is 0 Å². The molecule has 0 aliphatic rings. The molecule has 0 aliphatic carbocycles. The van der Waals surface area contributed by atoms with Gasteiger partial charge in [0.2, 0.25) is 0 Å². The number of hydrogen-bond acceptors (Lipinski definition) is 5. The van der Waals surface area contributed by atoms with E-state index in [4.69, 9.17) is 27.9 Å². The number of carbonyl (C=O) groups excluding carboxylic acids is 2. The molecule has 0 atom stereocenters. The lowest BCUT2D eigenvalue weighted by Crippen LogP contribution is -2.21. The number of aromatic nitrogens is 2. The van der Waals surface area contributed by atoms with Gasteiger partial charge >= 0.3 is 5.97 Å². The quantitative estimate of drug-likeness (QED) is 0.410. The van der Waals surface area contributed by atoms with E-state index >= 15 is 0 Å². The highest BCUT2D eigenvalue weighted by Gasteiger charge is 2.17. The second kappa shape index (κ2) is 9.12. The average Bonchev–Trinajstić information content (AvgIpc) is 2.76. The summed E-state index contributed by atoms with van der Waals surface area (Å²) in [6.45, 7) is -0.474. The predicted octanol–water partition coefficient (Wildman–Crippen LogP) is 5.40. The summed E-state index contributed by atoms with van der Waals surface area (Å²) in [4.78, 5) is 33.9. The van der Waals surface area contributed by atoms with Gasteiger partial charge in [0.25, 0.3) is 5.91 Å². The largest absolute Gasteiger partial charge is 0.452 e. The predicted molar refractivity (Wildman–Crippen MR) is 120 cm³/mol. The molecule has 0 bridgehead atoms. The van der Waals surface area contributed by atoms with Crippen molar-refractivity contribution in [2.75, 3.05) is 11.9 Å². The molecule has 0 radical (unpaired) electrons. The number of esters is 1. The highest BCUT2D eigenvalue weighted by molar-refractivity contribution is 6.35. The lowest BCUT2D eigenvalue weighted by atomic mass is 10.1. The Morgan fingerprint density at radius 3 is 2.39 bits per heavy atom. The Balaban J connectivity index is 1.55. The first-order chi connectivity index (χ1) is 15.0. The average molecular weight is 452 g/mol. The molecule has 0 saturated carbocycles. The van der Waals surface area contributed by atoms with Crippen LogP contribution in [0, 0.1) is 0 Å². The number of pyridine rings is 2. The molecule has 2 aromatic heterocycles. The maximum atomic E-state index is 12.8. The standard InChI is InChI=1S/C23H15Cl2N3O3/c24-14-9-15(25)11-16(10-14)27-22(29)13-31-23(30)18-12-21(20-7-3-4-8-26-20)28-19-6-2-1-5-17(18)19/h1-12H,13H2,(H,27,29). The molecule has 154 valence electrons. The number of hydrogen-bond donors (Lipinski definition) is 1. The van der Waals surface area contributed by atoms with Crippen molar-refractivity contribution in [2.45, 2.75) is 0 Å². The number of para-hydroxylation sites is 1. The molecular formula is C23H15Cl2N3O3. The van der Waals surface area contributed by atoms with E-state index in [1.165, 1.54) is 0 Å². The van der Waals surface area contributed by atoms with E-state index in [1.807, 2.05) is 12.1 Å². The summed E-state index contributed by atoms with van der Waals surface area (Å²) in [7, 11) is 0. The number of anilines is 1. The first kappa shape index (κ1) is 20.8. The van der Waals surface area contributed by atoms with E-state index in [0.29, 0.717) is 43.6 Å². The van der Waals surface area contributed by atoms with Gasteiger partial charge < -0.3 is 10.1 Å². The van der Waals surface area contributed by atoms with Crippen LogP contribution in [0.2, 0.25) is 10.0 Å². The van der Waals surface area contributed by atoms with Crippen LogP contribution in [0.1, 0.15) is 10.4 Å². The maximum absolute atomic E-state index is 12.8. The molecule has 31 heavy (non-hydrogen) atoms. The molecule has 0 saturated heterocycles. The summed E-state index contributed by atoms with van der Waals surface area (Å²) in [6, 6.07) is 18.9. The Labute approximate surface area is 187 Å². The van der Waals surface area contributed by atoms with Gasteiger partial charge in [-0.3, -0.25) is 9.78 Å². The van der Waals surface area contributed by atoms with Gasteiger partial charge in [0, 0.05) is 27.3 Å². The molecule has 8 heteroatoms. The van der Waals surface area contributed by atoms with Gasteiger partial charge in [-0.05, 0) is 42.5 Å². The second-order valence-corrected chi connectivity index (χ2v) is 7.44. The van der Waals surface area contributed by atoms with Gasteiger partial charge in [0.15, 0.2) is 6.61 Å². The molecule has 0 fully saturated rings. The molecular weight excluding hydrogens is 437 g/mol. The van der Waals surface area contributed by atoms with Gasteiger partial charge in [0.1, 0.15) is 0 Å². The fraction of sp³-hybridized carbons (Fsp3) is 0.0435. The third-order valence-corrected chi connectivity index (χ3v) is 4.78. The van der Waals surface area contributed by atoms with Crippen molar-refractivity contribution in [1.82, 2.24) is 9.97 Å². The molecule has 1 amide bonds. The lowest BCUT2D eigenvalue weighted by Gasteiger charge is -2.10. The zero-order valence-electron chi connectivity index (χ0n) is 16.0. The van der Waals surface area contributed by atoms with E-state index in [0.717, 1.165) is 0 Å². The summed E-state index contributed by atoms with van der Waals surface area (Å²) in [6.07, 6.45) is 1.65. The van der Waals surface area contributed by atoms with Gasteiger partial charge in [-0.15, -0.1) is 0 Å². The van der Waals surface area contributed by atoms with E-state index in [9.17, 15) is 9.59 Å². The number of nitrogens with one attached hydrogen (secondary N) is 1. The molecule has 2 heterocycles. The van der Waals surface area contributed by atoms with E-state index < -0.39 is 18.5 Å². The number of halogens is 2. The molecule has 2 aromatic carbocycles. The third-order valence-electron chi connectivity index (χ3n) is 4.34. The number of benzene rings is 2. The minimum Gasteiger partial charge on any atom is -0.452 e. The minimum absolute atomic E-state index is 0.296. The van der Waals surface area contributed by atoms with E-state index in [1.54, 1.807) is 60.8 Å². The Kier molecular flexibility index (Phi) is 6.11. The van der Waals surface area contributed by atoms with Crippen LogP contribution in [0.5, 0.6) is 0 Å². The number of ether oxygens (including phenoxy) is 1. The van der Waals surface area contributed by atoms with Gasteiger partial charge in [-0.25, -0.2) is 9.78 Å². The van der Waals surface area contributed by atoms with Crippen LogP contribution in [-0.2, 0) is 9.53 Å². The summed E-state index contributed by atoms with van der Waals surface area (Å²) in [5, 5.41) is 3.98. The zero-order valence-corrected chi connectivity index (χ0v) is 17.5. The normalized spacial score (nSPS) is 10.6. The Hall–Kier alpha value is -3.48. The summed E-state index contributed by atoms with van der Waals surface area (Å²) in [5.74, 6) is -1.16. The smallest absolute Gasteiger partial charge is 0.339 e. The number of amides is 1. The maximum Gasteiger partial charge on any atom is 0.339 e. The van der Waals surface area contributed by atoms with Gasteiger partial charge in [-0.2, -0.15) is 0 Å². The van der Waals surface area contributed by atoms with Crippen LogP contribution < -0.4 is 5.32 Å². The van der Waals surface area contributed by atoms with Gasteiger partial charge in [-0.1, -0.05) is 47.5 Å².